The van der Waals surface area contributed by atoms with Crippen LogP contribution >= 0.6 is 0 Å². The Morgan fingerprint density at radius 2 is 2.05 bits per heavy atom. The third-order valence-corrected chi connectivity index (χ3v) is 2.86. The van der Waals surface area contributed by atoms with Gasteiger partial charge in [0.1, 0.15) is 11.6 Å². The van der Waals surface area contributed by atoms with E-state index in [1.165, 1.54) is 18.2 Å². The van der Waals surface area contributed by atoms with Gasteiger partial charge in [-0.2, -0.15) is 0 Å². The number of aliphatic hydroxyl groups excluding tert-OH is 1. The summed E-state index contributed by atoms with van der Waals surface area (Å²) in [6.45, 7) is 1.48. The van der Waals surface area contributed by atoms with Crippen molar-refractivity contribution < 1.29 is 19.0 Å². The van der Waals surface area contributed by atoms with E-state index in [0.29, 0.717) is 17.0 Å². The number of ether oxygens (including phenoxy) is 1. The maximum Gasteiger partial charge on any atom is 0.265 e. The molecule has 2 N–H and O–H groups in total. The number of rotatable bonds is 5. The maximum atomic E-state index is 13.0. The summed E-state index contributed by atoms with van der Waals surface area (Å²) < 4.78 is 18.4. The van der Waals surface area contributed by atoms with Gasteiger partial charge >= 0.3 is 0 Å². The standard InChI is InChI=1S/C16H16FNO3/c1-11(21-15-7-3-5-13(17)9-15)16(20)18-14-6-2-4-12(8-14)10-19/h2-9,11,19H,10H2,1H3,(H,18,20). The molecule has 5 heteroatoms. The summed E-state index contributed by atoms with van der Waals surface area (Å²) in [5.74, 6) is -0.480. The molecule has 2 rings (SSSR count). The number of nitrogens with one attached hydrogen (secondary N) is 1. The first-order valence-corrected chi connectivity index (χ1v) is 6.51. The van der Waals surface area contributed by atoms with E-state index in [4.69, 9.17) is 9.84 Å². The quantitative estimate of drug-likeness (QED) is 0.889. The van der Waals surface area contributed by atoms with E-state index in [1.807, 2.05) is 0 Å². The Morgan fingerprint density at radius 1 is 1.29 bits per heavy atom. The van der Waals surface area contributed by atoms with Gasteiger partial charge in [-0.15, -0.1) is 0 Å². The topological polar surface area (TPSA) is 58.6 Å². The van der Waals surface area contributed by atoms with E-state index in [2.05, 4.69) is 5.32 Å². The highest BCUT2D eigenvalue weighted by Crippen LogP contribution is 2.15. The summed E-state index contributed by atoms with van der Waals surface area (Å²) in [4.78, 5) is 12.0. The molecular weight excluding hydrogens is 273 g/mol. The van der Waals surface area contributed by atoms with E-state index in [9.17, 15) is 9.18 Å². The van der Waals surface area contributed by atoms with Crippen LogP contribution in [0.4, 0.5) is 10.1 Å². The van der Waals surface area contributed by atoms with Crippen LogP contribution in [0.5, 0.6) is 5.75 Å². The third-order valence-electron chi connectivity index (χ3n) is 2.86. The van der Waals surface area contributed by atoms with Gasteiger partial charge in [-0.05, 0) is 36.8 Å². The Morgan fingerprint density at radius 3 is 2.76 bits per heavy atom. The molecule has 0 saturated heterocycles. The number of carbonyl (C=O) groups is 1. The third kappa shape index (κ3) is 4.29. The zero-order valence-electron chi connectivity index (χ0n) is 11.5. The number of carbonyl (C=O) groups excluding carboxylic acids is 1. The first kappa shape index (κ1) is 15.0. The molecule has 0 aliphatic rings. The van der Waals surface area contributed by atoms with Gasteiger partial charge in [-0.25, -0.2) is 4.39 Å². The fourth-order valence-electron chi connectivity index (χ4n) is 1.79. The van der Waals surface area contributed by atoms with Crippen LogP contribution in [0.25, 0.3) is 0 Å². The highest BCUT2D eigenvalue weighted by atomic mass is 19.1. The Labute approximate surface area is 122 Å². The van der Waals surface area contributed by atoms with Gasteiger partial charge in [-0.3, -0.25) is 4.79 Å². The SMILES string of the molecule is CC(Oc1cccc(F)c1)C(=O)Nc1cccc(CO)c1. The van der Waals surface area contributed by atoms with Crippen molar-refractivity contribution >= 4 is 11.6 Å². The summed E-state index contributed by atoms with van der Waals surface area (Å²) >= 11 is 0. The van der Waals surface area contributed by atoms with Crippen molar-refractivity contribution in [1.29, 1.82) is 0 Å². The smallest absolute Gasteiger partial charge is 0.265 e. The highest BCUT2D eigenvalue weighted by molar-refractivity contribution is 5.94. The number of amides is 1. The first-order valence-electron chi connectivity index (χ1n) is 6.51. The summed E-state index contributed by atoms with van der Waals surface area (Å²) in [6, 6.07) is 12.5. The van der Waals surface area contributed by atoms with Gasteiger partial charge in [0.2, 0.25) is 0 Å². The number of halogens is 1. The molecular formula is C16H16FNO3. The molecule has 0 heterocycles. The Kier molecular flexibility index (Phi) is 4.90. The largest absolute Gasteiger partial charge is 0.481 e. The summed E-state index contributed by atoms with van der Waals surface area (Å²) in [5, 5.41) is 11.7. The van der Waals surface area contributed by atoms with Crippen molar-refractivity contribution in [3.63, 3.8) is 0 Å². The second-order valence-electron chi connectivity index (χ2n) is 4.57. The second-order valence-corrected chi connectivity index (χ2v) is 4.57. The molecule has 0 fully saturated rings. The maximum absolute atomic E-state index is 13.0. The van der Waals surface area contributed by atoms with E-state index in [1.54, 1.807) is 37.3 Å². The van der Waals surface area contributed by atoms with E-state index < -0.39 is 11.9 Å². The van der Waals surface area contributed by atoms with Crippen LogP contribution in [0, 0.1) is 5.82 Å². The predicted octanol–water partition coefficient (Wildman–Crippen LogP) is 2.72. The van der Waals surface area contributed by atoms with Crippen LogP contribution in [0.1, 0.15) is 12.5 Å². The lowest BCUT2D eigenvalue weighted by molar-refractivity contribution is -0.122. The summed E-state index contributed by atoms with van der Waals surface area (Å²) in [7, 11) is 0. The minimum absolute atomic E-state index is 0.0982. The lowest BCUT2D eigenvalue weighted by Gasteiger charge is -2.15. The molecule has 0 bridgehead atoms. The molecule has 0 saturated carbocycles. The van der Waals surface area contributed by atoms with Crippen LogP contribution < -0.4 is 10.1 Å². The van der Waals surface area contributed by atoms with Crippen LogP contribution in [0.3, 0.4) is 0 Å². The molecule has 1 atom stereocenters. The molecule has 0 radical (unpaired) electrons. The molecule has 1 amide bonds. The van der Waals surface area contributed by atoms with Gasteiger partial charge in [0.05, 0.1) is 6.61 Å². The zero-order chi connectivity index (χ0) is 15.2. The molecule has 0 aliphatic carbocycles. The number of benzene rings is 2. The average molecular weight is 289 g/mol. The Balaban J connectivity index is 1.99. The lowest BCUT2D eigenvalue weighted by atomic mass is 10.2. The normalized spacial score (nSPS) is 11.8. The van der Waals surface area contributed by atoms with Gasteiger partial charge in [0.15, 0.2) is 6.10 Å². The van der Waals surface area contributed by atoms with Crippen molar-refractivity contribution in [1.82, 2.24) is 0 Å². The van der Waals surface area contributed by atoms with Gasteiger partial charge in [0, 0.05) is 11.8 Å². The molecule has 21 heavy (non-hydrogen) atoms. The number of anilines is 1. The van der Waals surface area contributed by atoms with E-state index >= 15 is 0 Å². The van der Waals surface area contributed by atoms with Crippen LogP contribution in [-0.4, -0.2) is 17.1 Å². The minimum atomic E-state index is -0.774. The van der Waals surface area contributed by atoms with Crippen molar-refractivity contribution in [3.8, 4) is 5.75 Å². The molecule has 0 aliphatic heterocycles. The van der Waals surface area contributed by atoms with Crippen molar-refractivity contribution in [2.45, 2.75) is 19.6 Å². The van der Waals surface area contributed by atoms with Crippen LogP contribution in [0.2, 0.25) is 0 Å². The van der Waals surface area contributed by atoms with Gasteiger partial charge in [0.25, 0.3) is 5.91 Å². The monoisotopic (exact) mass is 289 g/mol. The minimum Gasteiger partial charge on any atom is -0.481 e. The van der Waals surface area contributed by atoms with Gasteiger partial charge in [-0.1, -0.05) is 18.2 Å². The summed E-state index contributed by atoms with van der Waals surface area (Å²) in [5.41, 5.74) is 1.27. The first-order chi connectivity index (χ1) is 10.1. The zero-order valence-corrected chi connectivity index (χ0v) is 11.5. The molecule has 0 aromatic heterocycles. The second kappa shape index (κ2) is 6.85. The van der Waals surface area contributed by atoms with E-state index in [0.717, 1.165) is 0 Å². The average Bonchev–Trinajstić information content (AvgIpc) is 2.47. The number of hydrogen-bond donors (Lipinski definition) is 2. The van der Waals surface area contributed by atoms with Crippen molar-refractivity contribution in [2.75, 3.05) is 5.32 Å². The molecule has 1 unspecified atom stereocenters. The molecule has 2 aromatic rings. The van der Waals surface area contributed by atoms with Crippen LogP contribution in [0.15, 0.2) is 48.5 Å². The molecule has 0 spiro atoms. The predicted molar refractivity (Wildman–Crippen MR) is 77.5 cm³/mol. The fraction of sp³-hybridized carbons (Fsp3) is 0.188. The molecule has 110 valence electrons. The highest BCUT2D eigenvalue weighted by Gasteiger charge is 2.15. The Bertz CT molecular complexity index is 630. The molecule has 4 nitrogen and oxygen atoms in total. The lowest BCUT2D eigenvalue weighted by Crippen LogP contribution is -2.30. The van der Waals surface area contributed by atoms with Crippen molar-refractivity contribution in [3.05, 3.63) is 59.9 Å². The van der Waals surface area contributed by atoms with Crippen molar-refractivity contribution in [2.24, 2.45) is 0 Å². The number of aliphatic hydroxyl groups is 1. The van der Waals surface area contributed by atoms with Crippen LogP contribution in [-0.2, 0) is 11.4 Å². The number of hydrogen-bond acceptors (Lipinski definition) is 3. The Hall–Kier alpha value is -2.40. The fourth-order valence-corrected chi connectivity index (χ4v) is 1.79. The van der Waals surface area contributed by atoms with Gasteiger partial charge < -0.3 is 15.2 Å². The van der Waals surface area contributed by atoms with E-state index in [-0.39, 0.29) is 12.5 Å². The summed E-state index contributed by atoms with van der Waals surface area (Å²) in [6.07, 6.45) is -0.774. The molecule has 2 aromatic carbocycles.